The largest absolute Gasteiger partial charge is 0.436 e. The van der Waals surface area contributed by atoms with E-state index >= 15 is 0 Å². The van der Waals surface area contributed by atoms with E-state index in [0.717, 1.165) is 44.1 Å². The van der Waals surface area contributed by atoms with Gasteiger partial charge in [0.05, 0.1) is 0 Å². The fraction of sp³-hybridized carbons (Fsp3) is 0. The van der Waals surface area contributed by atoms with Crippen molar-refractivity contribution in [1.29, 1.82) is 0 Å². The SMILES string of the molecule is c1ccc2oc(-c3ccc(-c4nc5ccccc5o4)c4ccccc34)nc2c1. The van der Waals surface area contributed by atoms with Crippen LogP contribution in [-0.4, -0.2) is 9.97 Å². The Balaban J connectivity index is 1.60. The Labute approximate surface area is 160 Å². The van der Waals surface area contributed by atoms with E-state index in [4.69, 9.17) is 8.83 Å². The van der Waals surface area contributed by atoms with E-state index in [1.165, 1.54) is 0 Å². The lowest BCUT2D eigenvalue weighted by atomic mass is 9.99. The van der Waals surface area contributed by atoms with Crippen molar-refractivity contribution >= 4 is 33.0 Å². The molecule has 0 saturated heterocycles. The minimum atomic E-state index is 0.613. The van der Waals surface area contributed by atoms with Gasteiger partial charge in [0.15, 0.2) is 11.2 Å². The highest BCUT2D eigenvalue weighted by atomic mass is 16.4. The monoisotopic (exact) mass is 362 g/mol. The van der Waals surface area contributed by atoms with Crippen LogP contribution in [0.3, 0.4) is 0 Å². The van der Waals surface area contributed by atoms with Gasteiger partial charge in [0.1, 0.15) is 11.0 Å². The molecular weight excluding hydrogens is 348 g/mol. The van der Waals surface area contributed by atoms with Crippen LogP contribution < -0.4 is 0 Å². The molecule has 0 fully saturated rings. The molecule has 0 radical (unpaired) electrons. The standard InChI is InChI=1S/C24H14N2O2/c1-2-8-16-15(7-1)17(23-25-19-9-3-5-11-21(19)27-23)13-14-18(16)24-26-20-10-4-6-12-22(20)28-24/h1-14H. The summed E-state index contributed by atoms with van der Waals surface area (Å²) < 4.78 is 12.0. The van der Waals surface area contributed by atoms with E-state index in [-0.39, 0.29) is 0 Å². The fourth-order valence-electron chi connectivity index (χ4n) is 3.65. The lowest BCUT2D eigenvalue weighted by molar-refractivity contribution is 0.619. The number of aromatic nitrogens is 2. The molecule has 0 bridgehead atoms. The Morgan fingerprint density at radius 2 is 0.893 bits per heavy atom. The zero-order valence-corrected chi connectivity index (χ0v) is 14.8. The molecule has 0 amide bonds. The molecule has 2 aromatic heterocycles. The quantitative estimate of drug-likeness (QED) is 0.355. The van der Waals surface area contributed by atoms with E-state index in [9.17, 15) is 0 Å². The van der Waals surface area contributed by atoms with E-state index in [2.05, 4.69) is 22.1 Å². The van der Waals surface area contributed by atoms with Crippen molar-refractivity contribution in [1.82, 2.24) is 9.97 Å². The third kappa shape index (κ3) is 2.25. The third-order valence-corrected chi connectivity index (χ3v) is 4.97. The molecule has 4 heteroatoms. The Hall–Kier alpha value is -3.92. The van der Waals surface area contributed by atoms with Gasteiger partial charge in [-0.1, -0.05) is 48.5 Å². The van der Waals surface area contributed by atoms with Crippen molar-refractivity contribution in [2.24, 2.45) is 0 Å². The molecule has 2 heterocycles. The number of oxazole rings is 2. The summed E-state index contributed by atoms with van der Waals surface area (Å²) in [5, 5.41) is 2.10. The Kier molecular flexibility index (Phi) is 3.14. The molecular formula is C24H14N2O2. The first-order valence-electron chi connectivity index (χ1n) is 9.10. The summed E-state index contributed by atoms with van der Waals surface area (Å²) >= 11 is 0. The number of para-hydroxylation sites is 4. The summed E-state index contributed by atoms with van der Waals surface area (Å²) in [6.07, 6.45) is 0. The zero-order chi connectivity index (χ0) is 18.5. The van der Waals surface area contributed by atoms with Crippen molar-refractivity contribution in [3.05, 3.63) is 84.9 Å². The highest BCUT2D eigenvalue weighted by Crippen LogP contribution is 2.36. The lowest BCUT2D eigenvalue weighted by Gasteiger charge is -2.07. The van der Waals surface area contributed by atoms with Crippen molar-refractivity contribution in [3.63, 3.8) is 0 Å². The maximum Gasteiger partial charge on any atom is 0.227 e. The molecule has 4 aromatic carbocycles. The highest BCUT2D eigenvalue weighted by molar-refractivity contribution is 6.03. The molecule has 0 saturated carbocycles. The summed E-state index contributed by atoms with van der Waals surface area (Å²) in [6, 6.07) is 27.8. The summed E-state index contributed by atoms with van der Waals surface area (Å²) in [5.74, 6) is 1.23. The number of rotatable bonds is 2. The van der Waals surface area contributed by atoms with Gasteiger partial charge in [0.2, 0.25) is 11.8 Å². The predicted molar refractivity (Wildman–Crippen MR) is 110 cm³/mol. The van der Waals surface area contributed by atoms with Crippen molar-refractivity contribution < 1.29 is 8.83 Å². The topological polar surface area (TPSA) is 52.1 Å². The van der Waals surface area contributed by atoms with Crippen molar-refractivity contribution in [3.8, 4) is 22.9 Å². The second-order valence-corrected chi connectivity index (χ2v) is 6.68. The van der Waals surface area contributed by atoms with Crippen LogP contribution in [-0.2, 0) is 0 Å². The Bertz CT molecular complexity index is 1300. The molecule has 132 valence electrons. The van der Waals surface area contributed by atoms with Gasteiger partial charge >= 0.3 is 0 Å². The van der Waals surface area contributed by atoms with Crippen LogP contribution in [0, 0.1) is 0 Å². The molecule has 6 rings (SSSR count). The van der Waals surface area contributed by atoms with E-state index in [1.54, 1.807) is 0 Å². The predicted octanol–water partition coefficient (Wildman–Crippen LogP) is 6.46. The summed E-state index contributed by atoms with van der Waals surface area (Å²) in [4.78, 5) is 9.33. The first-order valence-corrected chi connectivity index (χ1v) is 9.10. The van der Waals surface area contributed by atoms with Crippen LogP contribution in [0.5, 0.6) is 0 Å². The molecule has 0 unspecified atom stereocenters. The highest BCUT2D eigenvalue weighted by Gasteiger charge is 2.16. The average molecular weight is 362 g/mol. The fourth-order valence-corrected chi connectivity index (χ4v) is 3.65. The van der Waals surface area contributed by atoms with Gasteiger partial charge in [-0.15, -0.1) is 0 Å². The van der Waals surface area contributed by atoms with Crippen LogP contribution in [0.25, 0.3) is 55.9 Å². The molecule has 0 aliphatic heterocycles. The van der Waals surface area contributed by atoms with Gasteiger partial charge in [-0.2, -0.15) is 0 Å². The minimum Gasteiger partial charge on any atom is -0.436 e. The van der Waals surface area contributed by atoms with Crippen LogP contribution in [0.4, 0.5) is 0 Å². The van der Waals surface area contributed by atoms with Gasteiger partial charge in [-0.3, -0.25) is 0 Å². The van der Waals surface area contributed by atoms with E-state index in [1.807, 2.05) is 72.8 Å². The first kappa shape index (κ1) is 15.2. The number of fused-ring (bicyclic) bond motifs is 3. The van der Waals surface area contributed by atoms with Gasteiger partial charge in [-0.05, 0) is 47.2 Å². The van der Waals surface area contributed by atoms with Gasteiger partial charge < -0.3 is 8.83 Å². The van der Waals surface area contributed by atoms with E-state index in [0.29, 0.717) is 11.8 Å². The maximum absolute atomic E-state index is 6.01. The minimum absolute atomic E-state index is 0.613. The molecule has 0 N–H and O–H groups in total. The first-order chi connectivity index (χ1) is 13.9. The second-order valence-electron chi connectivity index (χ2n) is 6.68. The lowest BCUT2D eigenvalue weighted by Crippen LogP contribution is -1.86. The molecule has 0 aliphatic carbocycles. The summed E-state index contributed by atoms with van der Waals surface area (Å²) in [7, 11) is 0. The van der Waals surface area contributed by atoms with E-state index < -0.39 is 0 Å². The molecule has 6 aromatic rings. The van der Waals surface area contributed by atoms with Crippen molar-refractivity contribution in [2.45, 2.75) is 0 Å². The summed E-state index contributed by atoms with van der Waals surface area (Å²) in [5.41, 5.74) is 5.17. The average Bonchev–Trinajstić information content (AvgIpc) is 3.37. The molecule has 0 spiro atoms. The number of hydrogen-bond donors (Lipinski definition) is 0. The van der Waals surface area contributed by atoms with Crippen LogP contribution >= 0.6 is 0 Å². The zero-order valence-electron chi connectivity index (χ0n) is 14.8. The molecule has 0 atom stereocenters. The number of hydrogen-bond acceptors (Lipinski definition) is 4. The van der Waals surface area contributed by atoms with Gasteiger partial charge in [0.25, 0.3) is 0 Å². The normalized spacial score (nSPS) is 11.6. The van der Waals surface area contributed by atoms with Gasteiger partial charge in [0, 0.05) is 11.1 Å². The summed E-state index contributed by atoms with van der Waals surface area (Å²) in [6.45, 7) is 0. The molecule has 28 heavy (non-hydrogen) atoms. The Morgan fingerprint density at radius 1 is 0.464 bits per heavy atom. The van der Waals surface area contributed by atoms with Gasteiger partial charge in [-0.25, -0.2) is 9.97 Å². The van der Waals surface area contributed by atoms with Crippen molar-refractivity contribution in [2.75, 3.05) is 0 Å². The smallest absolute Gasteiger partial charge is 0.227 e. The molecule has 0 aliphatic rings. The number of benzene rings is 4. The van der Waals surface area contributed by atoms with Crippen LogP contribution in [0.1, 0.15) is 0 Å². The second kappa shape index (κ2) is 5.79. The van der Waals surface area contributed by atoms with Crippen LogP contribution in [0.2, 0.25) is 0 Å². The maximum atomic E-state index is 6.01. The Morgan fingerprint density at radius 3 is 1.36 bits per heavy atom. The third-order valence-electron chi connectivity index (χ3n) is 4.97. The number of nitrogens with zero attached hydrogens (tertiary/aromatic N) is 2. The molecule has 4 nitrogen and oxygen atoms in total. The van der Waals surface area contributed by atoms with Crippen LogP contribution in [0.15, 0.2) is 93.8 Å².